The summed E-state index contributed by atoms with van der Waals surface area (Å²) in [6, 6.07) is -2.19. The molecular formula is C14H24N4O6. The lowest BCUT2D eigenvalue weighted by molar-refractivity contribution is -0.142. The van der Waals surface area contributed by atoms with Crippen LogP contribution in [0.1, 0.15) is 19.3 Å². The van der Waals surface area contributed by atoms with Gasteiger partial charge in [-0.3, -0.25) is 9.59 Å². The maximum absolute atomic E-state index is 11.8. The molecule has 0 unspecified atom stereocenters. The van der Waals surface area contributed by atoms with Crippen molar-refractivity contribution in [2.45, 2.75) is 31.3 Å². The van der Waals surface area contributed by atoms with Gasteiger partial charge >= 0.3 is 11.9 Å². The summed E-state index contributed by atoms with van der Waals surface area (Å²) in [6.45, 7) is 0.123. The molecule has 0 saturated heterocycles. The second kappa shape index (κ2) is 12.0. The highest BCUT2D eigenvalue weighted by Gasteiger charge is 2.23. The van der Waals surface area contributed by atoms with Crippen molar-refractivity contribution >= 4 is 23.8 Å². The predicted molar refractivity (Wildman–Crippen MR) is 84.6 cm³/mol. The van der Waals surface area contributed by atoms with Crippen molar-refractivity contribution in [1.29, 1.82) is 0 Å². The third kappa shape index (κ3) is 9.54. The molecule has 2 atom stereocenters. The third-order valence-electron chi connectivity index (χ3n) is 2.97. The zero-order valence-corrected chi connectivity index (χ0v) is 13.5. The molecule has 0 fully saturated rings. The van der Waals surface area contributed by atoms with E-state index < -0.39 is 35.8 Å². The van der Waals surface area contributed by atoms with Crippen LogP contribution in [-0.4, -0.2) is 61.1 Å². The van der Waals surface area contributed by atoms with Crippen molar-refractivity contribution in [2.24, 2.45) is 11.5 Å². The first-order valence-corrected chi connectivity index (χ1v) is 7.34. The predicted octanol–water partition coefficient (Wildman–Crippen LogP) is -2.14. The van der Waals surface area contributed by atoms with Crippen molar-refractivity contribution in [3.8, 4) is 0 Å². The average molecular weight is 344 g/mol. The summed E-state index contributed by atoms with van der Waals surface area (Å²) in [7, 11) is 1.15. The number of carboxylic acid groups (broad SMARTS) is 1. The number of rotatable bonds is 11. The van der Waals surface area contributed by atoms with Crippen LogP contribution in [0.2, 0.25) is 0 Å². The standard InChI is InChI=1S/C14H24N4O6/c1-24-12(20)6-5-11(19)17-8-10(14(22)23)18-13(21)9(16)4-2-3-7-15/h5-6,9-10H,2-4,7-8,15-16H2,1H3,(H,17,19)(H,18,21)(H,22,23)/b6-5+/t9-,10+/m0/s1. The Bertz CT molecular complexity index is 480. The molecule has 0 rings (SSSR count). The number of unbranched alkanes of at least 4 members (excludes halogenated alkanes) is 1. The van der Waals surface area contributed by atoms with Gasteiger partial charge in [-0.15, -0.1) is 0 Å². The lowest BCUT2D eigenvalue weighted by Crippen LogP contribution is -2.52. The molecule has 136 valence electrons. The van der Waals surface area contributed by atoms with Gasteiger partial charge in [0.05, 0.1) is 13.2 Å². The Hall–Kier alpha value is -2.46. The van der Waals surface area contributed by atoms with Crippen LogP contribution in [0.5, 0.6) is 0 Å². The molecule has 0 heterocycles. The molecule has 7 N–H and O–H groups in total. The highest BCUT2D eigenvalue weighted by atomic mass is 16.5. The second-order valence-corrected chi connectivity index (χ2v) is 4.89. The summed E-state index contributed by atoms with van der Waals surface area (Å²) in [4.78, 5) is 45.2. The zero-order valence-electron chi connectivity index (χ0n) is 13.5. The Kier molecular flexibility index (Phi) is 10.8. The molecule has 10 nitrogen and oxygen atoms in total. The molecule has 0 saturated carbocycles. The van der Waals surface area contributed by atoms with Gasteiger partial charge in [-0.05, 0) is 19.4 Å². The first-order valence-electron chi connectivity index (χ1n) is 7.34. The van der Waals surface area contributed by atoms with Gasteiger partial charge in [0, 0.05) is 18.7 Å². The lowest BCUT2D eigenvalue weighted by atomic mass is 10.1. The van der Waals surface area contributed by atoms with Crippen molar-refractivity contribution in [3.63, 3.8) is 0 Å². The number of ether oxygens (including phenoxy) is 1. The molecule has 2 amide bonds. The van der Waals surface area contributed by atoms with Crippen molar-refractivity contribution < 1.29 is 29.0 Å². The maximum Gasteiger partial charge on any atom is 0.330 e. The van der Waals surface area contributed by atoms with Crippen molar-refractivity contribution in [2.75, 3.05) is 20.2 Å². The van der Waals surface area contributed by atoms with Crippen molar-refractivity contribution in [3.05, 3.63) is 12.2 Å². The Balaban J connectivity index is 4.42. The summed E-state index contributed by atoms with van der Waals surface area (Å²) in [5.74, 6) is -3.38. The number of aliphatic carboxylic acids is 1. The van der Waals surface area contributed by atoms with Crippen LogP contribution in [-0.2, 0) is 23.9 Å². The molecule has 0 aromatic heterocycles. The number of nitrogens with two attached hydrogens (primary N) is 2. The van der Waals surface area contributed by atoms with Gasteiger partial charge in [-0.1, -0.05) is 6.42 Å². The average Bonchev–Trinajstić information content (AvgIpc) is 2.55. The number of hydrogen-bond acceptors (Lipinski definition) is 7. The lowest BCUT2D eigenvalue weighted by Gasteiger charge is -2.18. The number of carboxylic acids is 1. The molecule has 0 aromatic rings. The summed E-state index contributed by atoms with van der Waals surface area (Å²) in [6.07, 6.45) is 3.52. The Labute approximate surface area is 139 Å². The molecule has 0 spiro atoms. The van der Waals surface area contributed by atoms with E-state index in [1.807, 2.05) is 0 Å². The molecule has 0 aliphatic rings. The molecule has 0 bridgehead atoms. The second-order valence-electron chi connectivity index (χ2n) is 4.89. The molecule has 0 radical (unpaired) electrons. The third-order valence-corrected chi connectivity index (χ3v) is 2.97. The smallest absolute Gasteiger partial charge is 0.330 e. The first-order chi connectivity index (χ1) is 11.3. The summed E-state index contributed by atoms with van der Waals surface area (Å²) < 4.78 is 4.31. The van der Waals surface area contributed by atoms with E-state index in [-0.39, 0.29) is 6.54 Å². The highest BCUT2D eigenvalue weighted by molar-refractivity contribution is 5.95. The van der Waals surface area contributed by atoms with Crippen molar-refractivity contribution in [1.82, 2.24) is 10.6 Å². The van der Waals surface area contributed by atoms with Gasteiger partial charge < -0.3 is 31.9 Å². The van der Waals surface area contributed by atoms with Gasteiger partial charge in [-0.25, -0.2) is 9.59 Å². The van der Waals surface area contributed by atoms with Gasteiger partial charge in [0.2, 0.25) is 11.8 Å². The van der Waals surface area contributed by atoms with Crippen LogP contribution in [0.3, 0.4) is 0 Å². The number of carbonyl (C=O) groups is 4. The Morgan fingerprint density at radius 2 is 1.88 bits per heavy atom. The van der Waals surface area contributed by atoms with E-state index in [0.29, 0.717) is 25.8 Å². The highest BCUT2D eigenvalue weighted by Crippen LogP contribution is 1.98. The van der Waals surface area contributed by atoms with Crippen LogP contribution in [0.25, 0.3) is 0 Å². The van der Waals surface area contributed by atoms with E-state index in [2.05, 4.69) is 15.4 Å². The van der Waals surface area contributed by atoms with E-state index in [4.69, 9.17) is 16.6 Å². The number of amides is 2. The normalized spacial score (nSPS) is 13.1. The molecular weight excluding hydrogens is 320 g/mol. The van der Waals surface area contributed by atoms with Gasteiger partial charge in [-0.2, -0.15) is 0 Å². The Morgan fingerprint density at radius 1 is 1.21 bits per heavy atom. The van der Waals surface area contributed by atoms with Gasteiger partial charge in [0.1, 0.15) is 6.04 Å². The minimum atomic E-state index is -1.34. The van der Waals surface area contributed by atoms with Gasteiger partial charge in [0.15, 0.2) is 0 Å². The minimum absolute atomic E-state index is 0.360. The van der Waals surface area contributed by atoms with E-state index in [1.54, 1.807) is 0 Å². The first kappa shape index (κ1) is 21.5. The fraction of sp³-hybridized carbons (Fsp3) is 0.571. The van der Waals surface area contributed by atoms with Crippen LogP contribution in [0.4, 0.5) is 0 Å². The van der Waals surface area contributed by atoms with Crippen LogP contribution in [0, 0.1) is 0 Å². The molecule has 0 aliphatic carbocycles. The Morgan fingerprint density at radius 3 is 2.42 bits per heavy atom. The number of methoxy groups -OCH3 is 1. The monoisotopic (exact) mass is 344 g/mol. The van der Waals surface area contributed by atoms with E-state index in [0.717, 1.165) is 19.3 Å². The quantitative estimate of drug-likeness (QED) is 0.160. The van der Waals surface area contributed by atoms with Crippen LogP contribution >= 0.6 is 0 Å². The van der Waals surface area contributed by atoms with E-state index in [1.165, 1.54) is 0 Å². The fourth-order valence-corrected chi connectivity index (χ4v) is 1.59. The fourth-order valence-electron chi connectivity index (χ4n) is 1.59. The topological polar surface area (TPSA) is 174 Å². The van der Waals surface area contributed by atoms with Crippen LogP contribution in [0.15, 0.2) is 12.2 Å². The summed E-state index contributed by atoms with van der Waals surface area (Å²) in [5, 5.41) is 13.6. The number of esters is 1. The number of carbonyl (C=O) groups excluding carboxylic acids is 3. The summed E-state index contributed by atoms with van der Waals surface area (Å²) >= 11 is 0. The van der Waals surface area contributed by atoms with Crippen LogP contribution < -0.4 is 22.1 Å². The molecule has 0 aliphatic heterocycles. The van der Waals surface area contributed by atoms with E-state index in [9.17, 15) is 19.2 Å². The zero-order chi connectivity index (χ0) is 18.5. The molecule has 0 aromatic carbocycles. The maximum atomic E-state index is 11.8. The van der Waals surface area contributed by atoms with E-state index >= 15 is 0 Å². The SMILES string of the molecule is COC(=O)/C=C/C(=O)NC[C@@H](NC(=O)[C@@H](N)CCCCN)C(=O)O. The molecule has 24 heavy (non-hydrogen) atoms. The number of nitrogens with one attached hydrogen (secondary N) is 2. The molecule has 10 heteroatoms. The largest absolute Gasteiger partial charge is 0.480 e. The number of hydrogen-bond donors (Lipinski definition) is 5. The summed E-state index contributed by atoms with van der Waals surface area (Å²) in [5.41, 5.74) is 11.0. The van der Waals surface area contributed by atoms with Gasteiger partial charge in [0.25, 0.3) is 0 Å². The minimum Gasteiger partial charge on any atom is -0.480 e.